The van der Waals surface area contributed by atoms with E-state index in [4.69, 9.17) is 16.3 Å². The summed E-state index contributed by atoms with van der Waals surface area (Å²) < 4.78 is 5.92. The Balaban J connectivity index is 2.28. The Morgan fingerprint density at radius 3 is 2.65 bits per heavy atom. The van der Waals surface area contributed by atoms with Crippen LogP contribution >= 0.6 is 11.6 Å². The number of nitrogens with one attached hydrogen (secondary N) is 1. The van der Waals surface area contributed by atoms with Crippen molar-refractivity contribution in [2.45, 2.75) is 26.3 Å². The average molecular weight is 291 g/mol. The van der Waals surface area contributed by atoms with Crippen LogP contribution in [0, 0.1) is 0 Å². The van der Waals surface area contributed by atoms with E-state index in [1.165, 1.54) is 5.56 Å². The van der Waals surface area contributed by atoms with Crippen molar-refractivity contribution in [1.29, 1.82) is 0 Å². The van der Waals surface area contributed by atoms with Crippen molar-refractivity contribution < 1.29 is 4.74 Å². The molecule has 0 aliphatic rings. The quantitative estimate of drug-likeness (QED) is 0.888. The van der Waals surface area contributed by atoms with Crippen LogP contribution < -0.4 is 10.1 Å². The Bertz CT molecular complexity index is 584. The maximum absolute atomic E-state index is 6.10. The van der Waals surface area contributed by atoms with E-state index in [0.29, 0.717) is 23.4 Å². The second-order valence-electron chi connectivity index (χ2n) is 4.90. The molecular formula is C16H19ClN2O. The molecule has 4 heteroatoms. The predicted octanol–water partition coefficient (Wildman–Crippen LogP) is 4.37. The molecule has 1 heterocycles. The summed E-state index contributed by atoms with van der Waals surface area (Å²) >= 11 is 6.10. The van der Waals surface area contributed by atoms with Gasteiger partial charge in [-0.15, -0.1) is 0 Å². The summed E-state index contributed by atoms with van der Waals surface area (Å²) in [7, 11) is 1.86. The van der Waals surface area contributed by atoms with E-state index in [2.05, 4.69) is 30.2 Å². The molecule has 0 aliphatic carbocycles. The van der Waals surface area contributed by atoms with Crippen LogP contribution in [0.4, 0.5) is 0 Å². The Kier molecular flexibility index (Phi) is 4.99. The van der Waals surface area contributed by atoms with Crippen LogP contribution in [0.15, 0.2) is 36.4 Å². The SMILES string of the molecule is CNCc1nc(Oc2ccccc2C(C)C)ccc1Cl. The highest BCUT2D eigenvalue weighted by molar-refractivity contribution is 6.31. The molecule has 1 N–H and O–H groups in total. The Hall–Kier alpha value is -1.58. The van der Waals surface area contributed by atoms with Crippen molar-refractivity contribution in [3.63, 3.8) is 0 Å². The zero-order valence-electron chi connectivity index (χ0n) is 12.0. The van der Waals surface area contributed by atoms with Crippen molar-refractivity contribution in [3.8, 4) is 11.6 Å². The summed E-state index contributed by atoms with van der Waals surface area (Å²) in [4.78, 5) is 4.44. The van der Waals surface area contributed by atoms with Crippen LogP contribution in [0.3, 0.4) is 0 Å². The fourth-order valence-corrected chi connectivity index (χ4v) is 2.15. The molecule has 1 aromatic carbocycles. The van der Waals surface area contributed by atoms with Gasteiger partial charge in [-0.05, 0) is 30.7 Å². The molecule has 20 heavy (non-hydrogen) atoms. The monoisotopic (exact) mass is 290 g/mol. The summed E-state index contributed by atoms with van der Waals surface area (Å²) in [6.45, 7) is 4.90. The Morgan fingerprint density at radius 1 is 1.20 bits per heavy atom. The third-order valence-electron chi connectivity index (χ3n) is 2.99. The number of pyridine rings is 1. The van der Waals surface area contributed by atoms with E-state index in [0.717, 1.165) is 11.4 Å². The van der Waals surface area contributed by atoms with Gasteiger partial charge in [-0.3, -0.25) is 0 Å². The van der Waals surface area contributed by atoms with Gasteiger partial charge in [0.2, 0.25) is 5.88 Å². The van der Waals surface area contributed by atoms with E-state index < -0.39 is 0 Å². The van der Waals surface area contributed by atoms with E-state index >= 15 is 0 Å². The summed E-state index contributed by atoms with van der Waals surface area (Å²) in [5.74, 6) is 1.80. The van der Waals surface area contributed by atoms with Crippen LogP contribution in [-0.4, -0.2) is 12.0 Å². The van der Waals surface area contributed by atoms with E-state index in [9.17, 15) is 0 Å². The number of para-hydroxylation sites is 1. The van der Waals surface area contributed by atoms with Gasteiger partial charge in [0.25, 0.3) is 0 Å². The first-order chi connectivity index (χ1) is 9.61. The summed E-state index contributed by atoms with van der Waals surface area (Å²) in [6, 6.07) is 11.6. The normalized spacial score (nSPS) is 10.8. The molecule has 0 amide bonds. The number of halogens is 1. The number of rotatable bonds is 5. The van der Waals surface area contributed by atoms with Gasteiger partial charge in [-0.1, -0.05) is 43.6 Å². The lowest BCUT2D eigenvalue weighted by atomic mass is 10.0. The minimum atomic E-state index is 0.398. The first kappa shape index (κ1) is 14.8. The number of ether oxygens (including phenoxy) is 1. The largest absolute Gasteiger partial charge is 0.439 e. The minimum Gasteiger partial charge on any atom is -0.439 e. The second kappa shape index (κ2) is 6.73. The van der Waals surface area contributed by atoms with Crippen LogP contribution in [0.2, 0.25) is 5.02 Å². The van der Waals surface area contributed by atoms with Gasteiger partial charge in [0.05, 0.1) is 10.7 Å². The molecule has 1 aromatic heterocycles. The van der Waals surface area contributed by atoms with Crippen molar-refractivity contribution >= 4 is 11.6 Å². The zero-order chi connectivity index (χ0) is 14.5. The topological polar surface area (TPSA) is 34.2 Å². The molecule has 0 saturated heterocycles. The molecule has 0 aliphatic heterocycles. The molecule has 0 saturated carbocycles. The molecule has 2 rings (SSSR count). The maximum Gasteiger partial charge on any atom is 0.219 e. The van der Waals surface area contributed by atoms with Gasteiger partial charge in [0, 0.05) is 12.6 Å². The molecule has 0 atom stereocenters. The summed E-state index contributed by atoms with van der Waals surface area (Å²) in [5.41, 5.74) is 1.95. The minimum absolute atomic E-state index is 0.398. The number of benzene rings is 1. The summed E-state index contributed by atoms with van der Waals surface area (Å²) in [6.07, 6.45) is 0. The molecular weight excluding hydrogens is 272 g/mol. The molecule has 0 bridgehead atoms. The van der Waals surface area contributed by atoms with Gasteiger partial charge >= 0.3 is 0 Å². The van der Waals surface area contributed by atoms with Crippen LogP contribution in [0.1, 0.15) is 31.0 Å². The number of nitrogens with zero attached hydrogens (tertiary/aromatic N) is 1. The van der Waals surface area contributed by atoms with E-state index in [1.54, 1.807) is 6.07 Å². The van der Waals surface area contributed by atoms with E-state index in [1.807, 2.05) is 31.3 Å². The Morgan fingerprint density at radius 2 is 1.95 bits per heavy atom. The third kappa shape index (κ3) is 3.50. The highest BCUT2D eigenvalue weighted by Gasteiger charge is 2.10. The number of hydrogen-bond acceptors (Lipinski definition) is 3. The Labute approximate surface area is 124 Å². The fraction of sp³-hybridized carbons (Fsp3) is 0.312. The van der Waals surface area contributed by atoms with E-state index in [-0.39, 0.29) is 0 Å². The maximum atomic E-state index is 6.10. The van der Waals surface area contributed by atoms with Gasteiger partial charge in [0.15, 0.2) is 0 Å². The van der Waals surface area contributed by atoms with Crippen molar-refractivity contribution in [2.24, 2.45) is 0 Å². The lowest BCUT2D eigenvalue weighted by Crippen LogP contribution is -2.08. The molecule has 0 spiro atoms. The molecule has 3 nitrogen and oxygen atoms in total. The zero-order valence-corrected chi connectivity index (χ0v) is 12.7. The van der Waals surface area contributed by atoms with Gasteiger partial charge in [-0.25, -0.2) is 4.98 Å². The van der Waals surface area contributed by atoms with Crippen LogP contribution in [-0.2, 0) is 6.54 Å². The molecule has 106 valence electrons. The third-order valence-corrected chi connectivity index (χ3v) is 3.34. The van der Waals surface area contributed by atoms with Crippen molar-refractivity contribution in [1.82, 2.24) is 10.3 Å². The second-order valence-corrected chi connectivity index (χ2v) is 5.31. The van der Waals surface area contributed by atoms with Gasteiger partial charge in [-0.2, -0.15) is 0 Å². The molecule has 0 unspecified atom stereocenters. The number of aromatic nitrogens is 1. The van der Waals surface area contributed by atoms with Crippen LogP contribution in [0.5, 0.6) is 11.6 Å². The lowest BCUT2D eigenvalue weighted by Gasteiger charge is -2.13. The number of hydrogen-bond donors (Lipinski definition) is 1. The molecule has 2 aromatic rings. The van der Waals surface area contributed by atoms with Crippen molar-refractivity contribution in [3.05, 3.63) is 52.7 Å². The molecule has 0 fully saturated rings. The standard InChI is InChI=1S/C16H19ClN2O/c1-11(2)12-6-4-5-7-15(12)20-16-9-8-13(17)14(19-16)10-18-3/h4-9,11,18H,10H2,1-3H3. The first-order valence-corrected chi connectivity index (χ1v) is 7.06. The first-order valence-electron chi connectivity index (χ1n) is 6.68. The highest BCUT2D eigenvalue weighted by Crippen LogP contribution is 2.30. The van der Waals surface area contributed by atoms with Crippen molar-refractivity contribution in [2.75, 3.05) is 7.05 Å². The average Bonchev–Trinajstić information content (AvgIpc) is 2.43. The highest BCUT2D eigenvalue weighted by atomic mass is 35.5. The lowest BCUT2D eigenvalue weighted by molar-refractivity contribution is 0.452. The molecule has 0 radical (unpaired) electrons. The van der Waals surface area contributed by atoms with Crippen LogP contribution in [0.25, 0.3) is 0 Å². The predicted molar refractivity (Wildman–Crippen MR) is 82.6 cm³/mol. The van der Waals surface area contributed by atoms with Gasteiger partial charge < -0.3 is 10.1 Å². The smallest absolute Gasteiger partial charge is 0.219 e. The summed E-state index contributed by atoms with van der Waals surface area (Å²) in [5, 5.41) is 3.69. The fourth-order valence-electron chi connectivity index (χ4n) is 1.98. The van der Waals surface area contributed by atoms with Gasteiger partial charge in [0.1, 0.15) is 5.75 Å².